The first-order chi connectivity index (χ1) is 11.3. The Balaban J connectivity index is 0.00000208. The lowest BCUT2D eigenvalue weighted by atomic mass is 10.2. The van der Waals surface area contributed by atoms with Crippen molar-refractivity contribution in [3.8, 4) is 5.75 Å². The molecule has 128 valence electrons. The van der Waals surface area contributed by atoms with Gasteiger partial charge in [-0.3, -0.25) is 5.32 Å². The summed E-state index contributed by atoms with van der Waals surface area (Å²) in [6, 6.07) is 18.8. The van der Waals surface area contributed by atoms with Gasteiger partial charge in [0.15, 0.2) is 0 Å². The van der Waals surface area contributed by atoms with Crippen molar-refractivity contribution in [2.75, 3.05) is 26.2 Å². The van der Waals surface area contributed by atoms with Gasteiger partial charge in [0.1, 0.15) is 32.0 Å². The average molecular weight is 363 g/mol. The predicted molar refractivity (Wildman–Crippen MR) is 97.4 cm³/mol. The Labute approximate surface area is 154 Å². The quantitative estimate of drug-likeness (QED) is 0.747. The number of hydrogen-bond acceptors (Lipinski definition) is 3. The number of aryl methyl sites for hydroxylation is 1. The fourth-order valence-corrected chi connectivity index (χ4v) is 3.64. The molecule has 5 heteroatoms. The molecule has 0 fully saturated rings. The molecule has 0 radical (unpaired) electrons. The minimum absolute atomic E-state index is 0. The molecule has 3 nitrogen and oxygen atoms in total. The summed E-state index contributed by atoms with van der Waals surface area (Å²) in [6.07, 6.45) is 0. The molecule has 1 heterocycles. The molecule has 0 unspecified atom stereocenters. The SMILES string of the molecule is Cc1cccc(OCC[N+]2=C(SCc3ccccc3)NCC2)c1.[Cl-]. The van der Waals surface area contributed by atoms with Crippen molar-refractivity contribution in [3.63, 3.8) is 0 Å². The molecule has 1 N–H and O–H groups in total. The van der Waals surface area contributed by atoms with E-state index in [1.54, 1.807) is 0 Å². The molecule has 0 aromatic heterocycles. The topological polar surface area (TPSA) is 24.3 Å². The number of nitrogens with zero attached hydrogens (tertiary/aromatic N) is 1. The van der Waals surface area contributed by atoms with Crippen LogP contribution in [0.5, 0.6) is 5.75 Å². The van der Waals surface area contributed by atoms with E-state index in [4.69, 9.17) is 4.74 Å². The maximum absolute atomic E-state index is 5.87. The Bertz CT molecular complexity index is 676. The number of nitrogens with one attached hydrogen (secondary N) is 1. The molecular weight excluding hydrogens is 340 g/mol. The molecule has 0 saturated heterocycles. The highest BCUT2D eigenvalue weighted by Crippen LogP contribution is 2.15. The van der Waals surface area contributed by atoms with Crippen molar-refractivity contribution in [1.82, 2.24) is 5.32 Å². The van der Waals surface area contributed by atoms with E-state index in [-0.39, 0.29) is 12.4 Å². The smallest absolute Gasteiger partial charge is 0.306 e. The van der Waals surface area contributed by atoms with Crippen molar-refractivity contribution in [1.29, 1.82) is 0 Å². The van der Waals surface area contributed by atoms with E-state index in [0.717, 1.165) is 31.1 Å². The van der Waals surface area contributed by atoms with E-state index in [9.17, 15) is 0 Å². The monoisotopic (exact) mass is 362 g/mol. The van der Waals surface area contributed by atoms with Crippen LogP contribution in [0.1, 0.15) is 11.1 Å². The van der Waals surface area contributed by atoms with Gasteiger partial charge < -0.3 is 17.1 Å². The van der Waals surface area contributed by atoms with E-state index in [2.05, 4.69) is 59.3 Å². The summed E-state index contributed by atoms with van der Waals surface area (Å²) in [5.74, 6) is 1.95. The van der Waals surface area contributed by atoms with Gasteiger partial charge in [-0.1, -0.05) is 42.5 Å². The molecule has 3 rings (SSSR count). The molecule has 0 aliphatic carbocycles. The van der Waals surface area contributed by atoms with Gasteiger partial charge in [0.2, 0.25) is 0 Å². The molecular formula is C19H23ClN2OS. The van der Waals surface area contributed by atoms with Crippen LogP contribution in [0.15, 0.2) is 54.6 Å². The maximum atomic E-state index is 5.87. The van der Waals surface area contributed by atoms with Crippen molar-refractivity contribution in [3.05, 3.63) is 65.7 Å². The Morgan fingerprint density at radius 2 is 1.96 bits per heavy atom. The van der Waals surface area contributed by atoms with Gasteiger partial charge in [-0.25, -0.2) is 4.58 Å². The minimum atomic E-state index is 0. The standard InChI is InChI=1S/C19H22N2OS.ClH/c1-16-6-5-9-18(14-16)22-13-12-21-11-10-20-19(21)23-15-17-7-3-2-4-8-17;/h2-9,14H,10-13,15H2,1H3;1H. The van der Waals surface area contributed by atoms with E-state index in [1.807, 2.05) is 23.9 Å². The van der Waals surface area contributed by atoms with Crippen LogP contribution in [-0.2, 0) is 5.75 Å². The molecule has 1 aliphatic rings. The summed E-state index contributed by atoms with van der Waals surface area (Å²) in [5.41, 5.74) is 2.59. The largest absolute Gasteiger partial charge is 1.00 e. The zero-order valence-corrected chi connectivity index (χ0v) is 15.4. The van der Waals surface area contributed by atoms with Crippen LogP contribution in [0.25, 0.3) is 0 Å². The molecule has 0 bridgehead atoms. The number of halogens is 1. The van der Waals surface area contributed by atoms with Crippen LogP contribution in [-0.4, -0.2) is 36.0 Å². The highest BCUT2D eigenvalue weighted by atomic mass is 35.5. The van der Waals surface area contributed by atoms with Crippen molar-refractivity contribution in [2.24, 2.45) is 0 Å². The molecule has 0 spiro atoms. The first kappa shape index (κ1) is 18.7. The van der Waals surface area contributed by atoms with Crippen molar-refractivity contribution >= 4 is 16.9 Å². The summed E-state index contributed by atoms with van der Waals surface area (Å²) in [4.78, 5) is 0. The molecule has 0 atom stereocenters. The zero-order valence-electron chi connectivity index (χ0n) is 13.9. The summed E-state index contributed by atoms with van der Waals surface area (Å²) in [7, 11) is 0. The van der Waals surface area contributed by atoms with Gasteiger partial charge in [0.05, 0.1) is 0 Å². The third-order valence-electron chi connectivity index (χ3n) is 3.78. The number of ether oxygens (including phenoxy) is 1. The van der Waals surface area contributed by atoms with Crippen LogP contribution in [0.4, 0.5) is 0 Å². The highest BCUT2D eigenvalue weighted by Gasteiger charge is 2.21. The van der Waals surface area contributed by atoms with E-state index < -0.39 is 0 Å². The van der Waals surface area contributed by atoms with Crippen LogP contribution in [0.2, 0.25) is 0 Å². The zero-order chi connectivity index (χ0) is 15.9. The average Bonchev–Trinajstić information content (AvgIpc) is 3.01. The number of amidine groups is 1. The lowest BCUT2D eigenvalue weighted by Crippen LogP contribution is -3.00. The first-order valence-electron chi connectivity index (χ1n) is 8.03. The number of benzene rings is 2. The summed E-state index contributed by atoms with van der Waals surface area (Å²) in [6.45, 7) is 5.78. The second-order valence-electron chi connectivity index (χ2n) is 5.66. The van der Waals surface area contributed by atoms with Crippen molar-refractivity contribution in [2.45, 2.75) is 12.7 Å². The van der Waals surface area contributed by atoms with Crippen LogP contribution < -0.4 is 22.5 Å². The number of hydrogen-bond donors (Lipinski definition) is 1. The third-order valence-corrected chi connectivity index (χ3v) is 4.94. The lowest BCUT2D eigenvalue weighted by Gasteiger charge is -2.07. The first-order valence-corrected chi connectivity index (χ1v) is 9.02. The molecule has 0 saturated carbocycles. The molecule has 1 aliphatic heterocycles. The second kappa shape index (κ2) is 9.60. The van der Waals surface area contributed by atoms with E-state index in [1.165, 1.54) is 16.3 Å². The van der Waals surface area contributed by atoms with Crippen molar-refractivity contribution < 1.29 is 21.7 Å². The van der Waals surface area contributed by atoms with Crippen LogP contribution >= 0.6 is 11.8 Å². The molecule has 0 amide bonds. The Kier molecular flexibility index (Phi) is 7.47. The summed E-state index contributed by atoms with van der Waals surface area (Å²) in [5, 5.41) is 4.75. The fraction of sp³-hybridized carbons (Fsp3) is 0.316. The fourth-order valence-electron chi connectivity index (χ4n) is 2.57. The Morgan fingerprint density at radius 1 is 1.12 bits per heavy atom. The highest BCUT2D eigenvalue weighted by molar-refractivity contribution is 8.12. The summed E-state index contributed by atoms with van der Waals surface area (Å²) < 4.78 is 8.25. The second-order valence-corrected chi connectivity index (χ2v) is 6.62. The normalized spacial score (nSPS) is 13.4. The van der Waals surface area contributed by atoms with Gasteiger partial charge >= 0.3 is 5.17 Å². The summed E-state index contributed by atoms with van der Waals surface area (Å²) >= 11 is 1.87. The number of rotatable bonds is 6. The van der Waals surface area contributed by atoms with E-state index in [0.29, 0.717) is 6.61 Å². The van der Waals surface area contributed by atoms with Gasteiger partial charge in [0.25, 0.3) is 0 Å². The predicted octanol–water partition coefficient (Wildman–Crippen LogP) is 0.283. The molecule has 24 heavy (non-hydrogen) atoms. The Hall–Kier alpha value is -1.65. The van der Waals surface area contributed by atoms with Gasteiger partial charge in [-0.15, -0.1) is 0 Å². The van der Waals surface area contributed by atoms with Crippen LogP contribution in [0, 0.1) is 6.92 Å². The van der Waals surface area contributed by atoms with E-state index >= 15 is 0 Å². The lowest BCUT2D eigenvalue weighted by molar-refractivity contribution is -0.516. The maximum Gasteiger partial charge on any atom is 0.306 e. The minimum Gasteiger partial charge on any atom is -1.00 e. The number of thioether (sulfide) groups is 1. The van der Waals surface area contributed by atoms with Gasteiger partial charge in [0, 0.05) is 5.75 Å². The van der Waals surface area contributed by atoms with Crippen LogP contribution in [0.3, 0.4) is 0 Å². The molecule has 2 aromatic carbocycles. The Morgan fingerprint density at radius 3 is 2.75 bits per heavy atom. The molecule has 2 aromatic rings. The van der Waals surface area contributed by atoms with Gasteiger partial charge in [-0.05, 0) is 41.9 Å². The third kappa shape index (κ3) is 5.46. The van der Waals surface area contributed by atoms with Gasteiger partial charge in [-0.2, -0.15) is 0 Å².